The van der Waals surface area contributed by atoms with Crippen molar-refractivity contribution in [1.82, 2.24) is 4.98 Å². The molecule has 0 bridgehead atoms. The van der Waals surface area contributed by atoms with Crippen molar-refractivity contribution in [3.05, 3.63) is 83.7 Å². The summed E-state index contributed by atoms with van der Waals surface area (Å²) in [6, 6.07) is 19.3. The van der Waals surface area contributed by atoms with E-state index in [0.717, 1.165) is 22.6 Å². The number of benzene rings is 2. The van der Waals surface area contributed by atoms with E-state index in [1.54, 1.807) is 12.3 Å². The predicted octanol–water partition coefficient (Wildman–Crippen LogP) is 4.69. The standard InChI is InChI=1S/C20H19N3O/c1-14-6-5-8-16(12-14)22-17-10-11-21-19(13-17)20(24)23-18-9-4-3-7-15(18)2/h3-13H,1-2H3,(H,21,22)(H,23,24). The van der Waals surface area contributed by atoms with Crippen molar-refractivity contribution in [2.75, 3.05) is 10.6 Å². The summed E-state index contributed by atoms with van der Waals surface area (Å²) in [6.07, 6.45) is 1.63. The molecule has 3 aromatic rings. The van der Waals surface area contributed by atoms with Crippen molar-refractivity contribution in [1.29, 1.82) is 0 Å². The molecule has 0 saturated heterocycles. The summed E-state index contributed by atoms with van der Waals surface area (Å²) in [5.74, 6) is -0.225. The Labute approximate surface area is 141 Å². The highest BCUT2D eigenvalue weighted by Crippen LogP contribution is 2.19. The minimum absolute atomic E-state index is 0.225. The third-order valence-electron chi connectivity index (χ3n) is 3.69. The summed E-state index contributed by atoms with van der Waals surface area (Å²) in [4.78, 5) is 16.6. The minimum atomic E-state index is -0.225. The Morgan fingerprint density at radius 2 is 1.71 bits per heavy atom. The molecule has 120 valence electrons. The van der Waals surface area contributed by atoms with Crippen LogP contribution in [0.5, 0.6) is 0 Å². The van der Waals surface area contributed by atoms with Crippen LogP contribution in [-0.4, -0.2) is 10.9 Å². The molecule has 1 heterocycles. The van der Waals surface area contributed by atoms with E-state index in [1.165, 1.54) is 5.56 Å². The van der Waals surface area contributed by atoms with Gasteiger partial charge in [0.25, 0.3) is 5.91 Å². The van der Waals surface area contributed by atoms with Crippen molar-refractivity contribution >= 4 is 23.0 Å². The van der Waals surface area contributed by atoms with Crippen molar-refractivity contribution in [3.8, 4) is 0 Å². The number of para-hydroxylation sites is 1. The lowest BCUT2D eigenvalue weighted by Gasteiger charge is -2.10. The zero-order valence-electron chi connectivity index (χ0n) is 13.7. The van der Waals surface area contributed by atoms with Gasteiger partial charge >= 0.3 is 0 Å². The fraction of sp³-hybridized carbons (Fsp3) is 0.100. The third-order valence-corrected chi connectivity index (χ3v) is 3.69. The van der Waals surface area contributed by atoms with Gasteiger partial charge in [-0.3, -0.25) is 9.78 Å². The number of hydrogen-bond donors (Lipinski definition) is 2. The number of carbonyl (C=O) groups excluding carboxylic acids is 1. The Morgan fingerprint density at radius 1 is 0.917 bits per heavy atom. The van der Waals surface area contributed by atoms with E-state index in [2.05, 4.69) is 15.6 Å². The fourth-order valence-electron chi connectivity index (χ4n) is 2.42. The van der Waals surface area contributed by atoms with E-state index in [9.17, 15) is 4.79 Å². The summed E-state index contributed by atoms with van der Waals surface area (Å²) in [6.45, 7) is 4.00. The SMILES string of the molecule is Cc1cccc(Nc2ccnc(C(=O)Nc3ccccc3C)c2)c1. The number of nitrogens with zero attached hydrogens (tertiary/aromatic N) is 1. The van der Waals surface area contributed by atoms with Crippen molar-refractivity contribution in [2.24, 2.45) is 0 Å². The number of aromatic nitrogens is 1. The molecule has 0 atom stereocenters. The van der Waals surface area contributed by atoms with E-state index >= 15 is 0 Å². The highest BCUT2D eigenvalue weighted by Gasteiger charge is 2.09. The number of aryl methyl sites for hydroxylation is 2. The van der Waals surface area contributed by atoms with Gasteiger partial charge in [-0.2, -0.15) is 0 Å². The fourth-order valence-corrected chi connectivity index (χ4v) is 2.42. The number of rotatable bonds is 4. The first-order valence-electron chi connectivity index (χ1n) is 7.78. The molecule has 0 unspecified atom stereocenters. The molecule has 1 amide bonds. The first-order valence-corrected chi connectivity index (χ1v) is 7.78. The molecule has 0 aliphatic heterocycles. The Balaban J connectivity index is 1.77. The van der Waals surface area contributed by atoms with Crippen LogP contribution >= 0.6 is 0 Å². The lowest BCUT2D eigenvalue weighted by molar-refractivity contribution is 0.102. The Kier molecular flexibility index (Phi) is 4.57. The van der Waals surface area contributed by atoms with Gasteiger partial charge in [-0.1, -0.05) is 30.3 Å². The van der Waals surface area contributed by atoms with Crippen LogP contribution in [0.2, 0.25) is 0 Å². The molecule has 3 rings (SSSR count). The summed E-state index contributed by atoms with van der Waals surface area (Å²) in [5.41, 5.74) is 5.15. The van der Waals surface area contributed by atoms with E-state index < -0.39 is 0 Å². The van der Waals surface area contributed by atoms with Crippen molar-refractivity contribution in [2.45, 2.75) is 13.8 Å². The number of pyridine rings is 1. The zero-order valence-corrected chi connectivity index (χ0v) is 13.7. The van der Waals surface area contributed by atoms with Gasteiger partial charge in [0.05, 0.1) is 0 Å². The molecule has 2 N–H and O–H groups in total. The maximum Gasteiger partial charge on any atom is 0.274 e. The van der Waals surface area contributed by atoms with Gasteiger partial charge in [-0.25, -0.2) is 0 Å². The van der Waals surface area contributed by atoms with Crippen LogP contribution in [-0.2, 0) is 0 Å². The van der Waals surface area contributed by atoms with Gasteiger partial charge in [0.2, 0.25) is 0 Å². The van der Waals surface area contributed by atoms with E-state index in [1.807, 2.05) is 68.4 Å². The van der Waals surface area contributed by atoms with Crippen LogP contribution in [0.1, 0.15) is 21.6 Å². The monoisotopic (exact) mass is 317 g/mol. The van der Waals surface area contributed by atoms with Gasteiger partial charge in [0.15, 0.2) is 0 Å². The molecule has 4 nitrogen and oxygen atoms in total. The summed E-state index contributed by atoms with van der Waals surface area (Å²) in [5, 5.41) is 6.19. The highest BCUT2D eigenvalue weighted by molar-refractivity contribution is 6.03. The van der Waals surface area contributed by atoms with Crippen LogP contribution in [0, 0.1) is 13.8 Å². The number of carbonyl (C=O) groups is 1. The largest absolute Gasteiger partial charge is 0.355 e. The molecule has 24 heavy (non-hydrogen) atoms. The molecule has 2 aromatic carbocycles. The number of anilines is 3. The maximum absolute atomic E-state index is 12.4. The molecule has 0 aliphatic carbocycles. The predicted molar refractivity (Wildman–Crippen MR) is 97.8 cm³/mol. The summed E-state index contributed by atoms with van der Waals surface area (Å²) >= 11 is 0. The summed E-state index contributed by atoms with van der Waals surface area (Å²) < 4.78 is 0. The number of amides is 1. The van der Waals surface area contributed by atoms with Crippen LogP contribution in [0.15, 0.2) is 66.9 Å². The second-order valence-corrected chi connectivity index (χ2v) is 5.69. The second kappa shape index (κ2) is 6.96. The highest BCUT2D eigenvalue weighted by atomic mass is 16.1. The van der Waals surface area contributed by atoms with Crippen molar-refractivity contribution < 1.29 is 4.79 Å². The molecule has 0 aliphatic rings. The van der Waals surface area contributed by atoms with Crippen LogP contribution in [0.4, 0.5) is 17.1 Å². The quantitative estimate of drug-likeness (QED) is 0.733. The average Bonchev–Trinajstić information content (AvgIpc) is 2.57. The first-order chi connectivity index (χ1) is 11.6. The van der Waals surface area contributed by atoms with Crippen LogP contribution in [0.25, 0.3) is 0 Å². The van der Waals surface area contributed by atoms with E-state index in [0.29, 0.717) is 5.69 Å². The van der Waals surface area contributed by atoms with Crippen LogP contribution < -0.4 is 10.6 Å². The van der Waals surface area contributed by atoms with Gasteiger partial charge in [0.1, 0.15) is 5.69 Å². The Morgan fingerprint density at radius 3 is 2.50 bits per heavy atom. The molecule has 4 heteroatoms. The lowest BCUT2D eigenvalue weighted by Crippen LogP contribution is -2.14. The Hall–Kier alpha value is -3.14. The molecular formula is C20H19N3O. The third kappa shape index (κ3) is 3.79. The molecule has 0 spiro atoms. The second-order valence-electron chi connectivity index (χ2n) is 5.69. The number of nitrogens with one attached hydrogen (secondary N) is 2. The smallest absolute Gasteiger partial charge is 0.274 e. The molecule has 0 saturated carbocycles. The first kappa shape index (κ1) is 15.7. The lowest BCUT2D eigenvalue weighted by atomic mass is 10.2. The maximum atomic E-state index is 12.4. The van der Waals surface area contributed by atoms with Gasteiger partial charge < -0.3 is 10.6 Å². The van der Waals surface area contributed by atoms with E-state index in [-0.39, 0.29) is 5.91 Å². The Bertz CT molecular complexity index is 874. The van der Waals surface area contributed by atoms with Gasteiger partial charge in [0, 0.05) is 23.3 Å². The van der Waals surface area contributed by atoms with Gasteiger partial charge in [-0.05, 0) is 55.3 Å². The minimum Gasteiger partial charge on any atom is -0.355 e. The average molecular weight is 317 g/mol. The van der Waals surface area contributed by atoms with Gasteiger partial charge in [-0.15, -0.1) is 0 Å². The molecule has 0 radical (unpaired) electrons. The van der Waals surface area contributed by atoms with E-state index in [4.69, 9.17) is 0 Å². The molecule has 1 aromatic heterocycles. The molecular weight excluding hydrogens is 298 g/mol. The number of hydrogen-bond acceptors (Lipinski definition) is 3. The van der Waals surface area contributed by atoms with Crippen molar-refractivity contribution in [3.63, 3.8) is 0 Å². The molecule has 0 fully saturated rings. The van der Waals surface area contributed by atoms with Crippen LogP contribution in [0.3, 0.4) is 0 Å². The summed E-state index contributed by atoms with van der Waals surface area (Å²) in [7, 11) is 0. The topological polar surface area (TPSA) is 54.0 Å². The zero-order chi connectivity index (χ0) is 16.9. The normalized spacial score (nSPS) is 10.2.